The normalized spacial score (nSPS) is 14.4. The highest BCUT2D eigenvalue weighted by Crippen LogP contribution is 2.45. The van der Waals surface area contributed by atoms with Crippen LogP contribution in [0.4, 0.5) is 0 Å². The lowest BCUT2D eigenvalue weighted by Crippen LogP contribution is -2.30. The minimum atomic E-state index is -4.96. The third-order valence-electron chi connectivity index (χ3n) is 19.7. The summed E-state index contributed by atoms with van der Waals surface area (Å²) < 4.78 is 68.5. The lowest BCUT2D eigenvalue weighted by molar-refractivity contribution is -0.161. The van der Waals surface area contributed by atoms with Crippen molar-refractivity contribution in [3.05, 3.63) is 0 Å². The number of ether oxygens (including phenoxy) is 4. The standard InChI is InChI=1S/C81H158O17P2/c1-7-11-13-15-17-19-20-21-22-23-24-25-29-32-35-38-41-45-52-58-64-79(84)92-69-76(97-80(85)65-59-53-46-42-39-36-33-30-27-26-28-31-34-37-40-43-49-55-61-73(5)9-3)71-95-99(87,88)93-67-75(82)68-94-100(89,90)96-72-77(70-91-78(83)63-57-51-44-18-16-14-12-8-2)98-81(86)66-60-54-48-47-50-56-62-74(6)10-4/h73-77,82H,7-72H2,1-6H3,(H,87,88)(H,89,90)/t73?,74?,75-,76-,77-/m1/s1. The summed E-state index contributed by atoms with van der Waals surface area (Å²) in [7, 11) is -9.91. The van der Waals surface area contributed by atoms with Crippen LogP contribution < -0.4 is 0 Å². The lowest BCUT2D eigenvalue weighted by Gasteiger charge is -2.21. The van der Waals surface area contributed by atoms with Crippen LogP contribution in [0.3, 0.4) is 0 Å². The molecule has 0 saturated carbocycles. The zero-order chi connectivity index (χ0) is 73.5. The molecule has 594 valence electrons. The van der Waals surface area contributed by atoms with Crippen molar-refractivity contribution in [2.24, 2.45) is 11.8 Å². The highest BCUT2D eigenvalue weighted by atomic mass is 31.2. The summed E-state index contributed by atoms with van der Waals surface area (Å²) in [6.45, 7) is 9.61. The van der Waals surface area contributed by atoms with Gasteiger partial charge in [0.15, 0.2) is 12.2 Å². The molecule has 19 heteroatoms. The van der Waals surface area contributed by atoms with E-state index in [-0.39, 0.29) is 25.7 Å². The summed E-state index contributed by atoms with van der Waals surface area (Å²) in [6.07, 6.45) is 62.8. The van der Waals surface area contributed by atoms with Crippen LogP contribution in [0.15, 0.2) is 0 Å². The molecule has 0 aliphatic heterocycles. The number of hydrogen-bond donors (Lipinski definition) is 3. The summed E-state index contributed by atoms with van der Waals surface area (Å²) in [6, 6.07) is 0. The van der Waals surface area contributed by atoms with Gasteiger partial charge in [-0.2, -0.15) is 0 Å². The number of carbonyl (C=O) groups excluding carboxylic acids is 4. The Kier molecular flexibility index (Phi) is 71.2. The monoisotopic (exact) mass is 1470 g/mol. The van der Waals surface area contributed by atoms with Crippen LogP contribution in [-0.4, -0.2) is 96.7 Å². The summed E-state index contributed by atoms with van der Waals surface area (Å²) in [5, 5.41) is 10.6. The summed E-state index contributed by atoms with van der Waals surface area (Å²) in [5.41, 5.74) is 0. The molecule has 0 aromatic rings. The summed E-state index contributed by atoms with van der Waals surface area (Å²) in [5.74, 6) is -0.525. The van der Waals surface area contributed by atoms with Gasteiger partial charge in [0.2, 0.25) is 0 Å². The Labute approximate surface area is 613 Å². The Balaban J connectivity index is 5.15. The number of phosphoric acid groups is 2. The Morgan fingerprint density at radius 1 is 0.280 bits per heavy atom. The molecule has 0 radical (unpaired) electrons. The molecule has 0 bridgehead atoms. The van der Waals surface area contributed by atoms with E-state index in [0.717, 1.165) is 108 Å². The Morgan fingerprint density at radius 2 is 0.480 bits per heavy atom. The SMILES string of the molecule is CCCCCCCCCCCCCCCCCCCCCCC(=O)OC[C@H](COP(=O)(O)OC[C@@H](O)COP(=O)(O)OC[C@@H](COC(=O)CCCCCCCCCC)OC(=O)CCCCCCCCC(C)CC)OC(=O)CCCCCCCCCCCCCCCCCCCCC(C)CC. The van der Waals surface area contributed by atoms with Crippen molar-refractivity contribution in [1.82, 2.24) is 0 Å². The number of esters is 4. The van der Waals surface area contributed by atoms with E-state index < -0.39 is 97.5 Å². The van der Waals surface area contributed by atoms with Crippen molar-refractivity contribution in [2.75, 3.05) is 39.6 Å². The number of unbranched alkanes of at least 4 members (excludes halogenated alkanes) is 48. The number of carbonyl (C=O) groups is 4. The van der Waals surface area contributed by atoms with Crippen LogP contribution in [0.25, 0.3) is 0 Å². The van der Waals surface area contributed by atoms with E-state index in [9.17, 15) is 43.2 Å². The average Bonchev–Trinajstić information content (AvgIpc) is 0.936. The minimum absolute atomic E-state index is 0.103. The predicted molar refractivity (Wildman–Crippen MR) is 409 cm³/mol. The van der Waals surface area contributed by atoms with Gasteiger partial charge in [-0.25, -0.2) is 9.13 Å². The number of aliphatic hydroxyl groups is 1. The van der Waals surface area contributed by atoms with Crippen LogP contribution in [0.1, 0.15) is 427 Å². The molecule has 0 aliphatic rings. The second-order valence-corrected chi connectivity index (χ2v) is 32.6. The molecule has 7 atom stereocenters. The van der Waals surface area contributed by atoms with Gasteiger partial charge in [-0.15, -0.1) is 0 Å². The van der Waals surface area contributed by atoms with E-state index >= 15 is 0 Å². The van der Waals surface area contributed by atoms with E-state index in [1.54, 1.807) is 0 Å². The van der Waals surface area contributed by atoms with Crippen LogP contribution >= 0.6 is 15.6 Å². The molecule has 4 unspecified atom stereocenters. The van der Waals surface area contributed by atoms with Crippen LogP contribution in [0.5, 0.6) is 0 Å². The number of phosphoric ester groups is 2. The van der Waals surface area contributed by atoms with E-state index in [2.05, 4.69) is 41.5 Å². The molecule has 0 amide bonds. The van der Waals surface area contributed by atoms with Gasteiger partial charge in [0, 0.05) is 25.7 Å². The van der Waals surface area contributed by atoms with Crippen LogP contribution in [0, 0.1) is 11.8 Å². The van der Waals surface area contributed by atoms with Crippen LogP contribution in [-0.2, 0) is 65.4 Å². The molecule has 0 saturated heterocycles. The molecule has 0 rings (SSSR count). The van der Waals surface area contributed by atoms with Gasteiger partial charge in [0.05, 0.1) is 26.4 Å². The quantitative estimate of drug-likeness (QED) is 0.0222. The first-order valence-electron chi connectivity index (χ1n) is 42.1. The van der Waals surface area contributed by atoms with Gasteiger partial charge in [-0.1, -0.05) is 375 Å². The van der Waals surface area contributed by atoms with E-state index in [1.165, 1.54) is 238 Å². The smallest absolute Gasteiger partial charge is 0.462 e. The minimum Gasteiger partial charge on any atom is -0.462 e. The molecule has 3 N–H and O–H groups in total. The zero-order valence-electron chi connectivity index (χ0n) is 65.5. The molecule has 0 fully saturated rings. The first kappa shape index (κ1) is 98.1. The second-order valence-electron chi connectivity index (χ2n) is 29.6. The maximum Gasteiger partial charge on any atom is 0.472 e. The number of hydrogen-bond acceptors (Lipinski definition) is 15. The second kappa shape index (κ2) is 72.6. The number of rotatable bonds is 80. The Morgan fingerprint density at radius 3 is 0.710 bits per heavy atom. The van der Waals surface area contributed by atoms with E-state index in [0.29, 0.717) is 25.7 Å². The highest BCUT2D eigenvalue weighted by molar-refractivity contribution is 7.47. The maximum atomic E-state index is 13.1. The fourth-order valence-electron chi connectivity index (χ4n) is 12.5. The fourth-order valence-corrected chi connectivity index (χ4v) is 14.1. The molecular weight excluding hydrogens is 1310 g/mol. The topological polar surface area (TPSA) is 237 Å². The summed E-state index contributed by atoms with van der Waals surface area (Å²) in [4.78, 5) is 72.8. The van der Waals surface area contributed by atoms with Crippen molar-refractivity contribution < 1.29 is 80.2 Å². The van der Waals surface area contributed by atoms with Crippen molar-refractivity contribution in [1.29, 1.82) is 0 Å². The van der Waals surface area contributed by atoms with Gasteiger partial charge in [-0.3, -0.25) is 37.3 Å². The third kappa shape index (κ3) is 71.7. The highest BCUT2D eigenvalue weighted by Gasteiger charge is 2.30. The zero-order valence-corrected chi connectivity index (χ0v) is 67.3. The van der Waals surface area contributed by atoms with Gasteiger partial charge >= 0.3 is 39.5 Å². The molecule has 0 heterocycles. The van der Waals surface area contributed by atoms with E-state index in [1.807, 2.05) is 0 Å². The van der Waals surface area contributed by atoms with Gasteiger partial charge in [-0.05, 0) is 37.5 Å². The lowest BCUT2D eigenvalue weighted by atomic mass is 9.99. The molecule has 0 aliphatic carbocycles. The van der Waals surface area contributed by atoms with E-state index in [4.69, 9.17) is 37.0 Å². The first-order chi connectivity index (χ1) is 48.4. The van der Waals surface area contributed by atoms with Gasteiger partial charge in [0.1, 0.15) is 19.3 Å². The van der Waals surface area contributed by atoms with Crippen molar-refractivity contribution in [3.8, 4) is 0 Å². The Bertz CT molecular complexity index is 1930. The first-order valence-corrected chi connectivity index (χ1v) is 45.1. The Hall–Kier alpha value is -1.94. The predicted octanol–water partition coefficient (Wildman–Crippen LogP) is 24.3. The molecule has 17 nitrogen and oxygen atoms in total. The van der Waals surface area contributed by atoms with Crippen molar-refractivity contribution >= 4 is 39.5 Å². The third-order valence-corrected chi connectivity index (χ3v) is 21.6. The molecular formula is C81H158O17P2. The van der Waals surface area contributed by atoms with Gasteiger partial charge < -0.3 is 33.8 Å². The summed E-state index contributed by atoms with van der Waals surface area (Å²) >= 11 is 0. The van der Waals surface area contributed by atoms with Crippen molar-refractivity contribution in [3.63, 3.8) is 0 Å². The largest absolute Gasteiger partial charge is 0.472 e. The number of aliphatic hydroxyl groups excluding tert-OH is 1. The van der Waals surface area contributed by atoms with Gasteiger partial charge in [0.25, 0.3) is 0 Å². The molecule has 0 spiro atoms. The average molecular weight is 1470 g/mol. The molecule has 0 aromatic heterocycles. The van der Waals surface area contributed by atoms with Crippen LogP contribution in [0.2, 0.25) is 0 Å². The molecule has 0 aromatic carbocycles. The van der Waals surface area contributed by atoms with Crippen molar-refractivity contribution in [2.45, 2.75) is 445 Å². The maximum absolute atomic E-state index is 13.1. The fraction of sp³-hybridized carbons (Fsp3) is 0.951. The molecule has 100 heavy (non-hydrogen) atoms.